The van der Waals surface area contributed by atoms with Crippen molar-refractivity contribution in [3.63, 3.8) is 0 Å². The molecule has 2 aliphatic rings. The van der Waals surface area contributed by atoms with Crippen LogP contribution in [0.2, 0.25) is 0 Å². The van der Waals surface area contributed by atoms with Gasteiger partial charge in [-0.25, -0.2) is 4.98 Å². The number of anilines is 2. The highest BCUT2D eigenvalue weighted by Gasteiger charge is 2.36. The smallest absolute Gasteiger partial charge is 0.302 e. The summed E-state index contributed by atoms with van der Waals surface area (Å²) >= 11 is 1.33. The van der Waals surface area contributed by atoms with Gasteiger partial charge < -0.3 is 5.73 Å². The number of nitrogen functional groups attached to an aromatic ring is 1. The fraction of sp³-hybridized carbons (Fsp3) is 0.412. The lowest BCUT2D eigenvalue weighted by Crippen LogP contribution is -2.32. The fourth-order valence-electron chi connectivity index (χ4n) is 3.32. The van der Waals surface area contributed by atoms with Gasteiger partial charge in [-0.1, -0.05) is 0 Å². The second-order valence-corrected chi connectivity index (χ2v) is 7.73. The van der Waals surface area contributed by atoms with Crippen LogP contribution in [0.5, 0.6) is 0 Å². The van der Waals surface area contributed by atoms with E-state index >= 15 is 0 Å². The molecule has 3 aromatic rings. The first kappa shape index (κ1) is 14.8. The predicted molar refractivity (Wildman–Crippen MR) is 93.6 cm³/mol. The average Bonchev–Trinajstić information content (AvgIpc) is 3.29. The SMILES string of the molecule is Nc1c(C(=O)Nc2c[n+](C3CC3)no2)sc2nc3c(cc12)CCCC3. The van der Waals surface area contributed by atoms with Gasteiger partial charge in [0.2, 0.25) is 5.27 Å². The third-order valence-corrected chi connectivity index (χ3v) is 5.96. The Kier molecular flexibility index (Phi) is 3.27. The molecule has 3 heterocycles. The highest BCUT2D eigenvalue weighted by molar-refractivity contribution is 7.21. The molecule has 25 heavy (non-hydrogen) atoms. The van der Waals surface area contributed by atoms with Gasteiger partial charge in [0.15, 0.2) is 6.04 Å². The van der Waals surface area contributed by atoms with Gasteiger partial charge in [-0.3, -0.25) is 14.6 Å². The quantitative estimate of drug-likeness (QED) is 0.703. The lowest BCUT2D eigenvalue weighted by Gasteiger charge is -2.14. The summed E-state index contributed by atoms with van der Waals surface area (Å²) in [5.74, 6) is 0.0542. The lowest BCUT2D eigenvalue weighted by atomic mass is 9.95. The standard InChI is InChI=1S/C17H17N5O2S/c18-14-11-7-9-3-1-2-4-12(9)19-17(11)25-15(14)16(23)20-13-8-22(21-24-13)10-5-6-10/h7-8,10H,1-6H2,(H2-,18,20,21,23)/p+1. The minimum absolute atomic E-state index is 0.280. The molecule has 2 aliphatic carbocycles. The molecule has 0 spiro atoms. The first-order valence-electron chi connectivity index (χ1n) is 8.59. The Hall–Kier alpha value is -2.48. The molecule has 0 bridgehead atoms. The molecule has 7 nitrogen and oxygen atoms in total. The topological polar surface area (TPSA) is 97.9 Å². The highest BCUT2D eigenvalue weighted by Crippen LogP contribution is 2.36. The molecule has 8 heteroatoms. The number of carbonyl (C=O) groups excluding carboxylic acids is 1. The molecule has 0 unspecified atom stereocenters. The second kappa shape index (κ2) is 5.52. The third kappa shape index (κ3) is 2.57. The molecule has 0 aliphatic heterocycles. The number of nitrogens with zero attached hydrogens (tertiary/aromatic N) is 3. The van der Waals surface area contributed by atoms with Crippen molar-refractivity contribution in [3.8, 4) is 0 Å². The van der Waals surface area contributed by atoms with E-state index in [9.17, 15) is 4.79 Å². The summed E-state index contributed by atoms with van der Waals surface area (Å²) in [6, 6.07) is 2.51. The van der Waals surface area contributed by atoms with Crippen molar-refractivity contribution in [2.45, 2.75) is 44.6 Å². The molecule has 0 aromatic carbocycles. The average molecular weight is 356 g/mol. The molecule has 0 saturated heterocycles. The molecule has 128 valence electrons. The number of thiophene rings is 1. The maximum Gasteiger partial charge on any atom is 0.302 e. The summed E-state index contributed by atoms with van der Waals surface area (Å²) in [5.41, 5.74) is 9.15. The number of aryl methyl sites for hydroxylation is 2. The third-order valence-electron chi connectivity index (χ3n) is 4.85. The predicted octanol–water partition coefficient (Wildman–Crippen LogP) is 2.62. The van der Waals surface area contributed by atoms with Crippen LogP contribution in [0.25, 0.3) is 10.2 Å². The zero-order valence-electron chi connectivity index (χ0n) is 13.6. The minimum Gasteiger partial charge on any atom is -0.397 e. The van der Waals surface area contributed by atoms with Crippen molar-refractivity contribution in [2.24, 2.45) is 0 Å². The number of pyridine rings is 1. The van der Waals surface area contributed by atoms with Gasteiger partial charge >= 0.3 is 5.88 Å². The molecule has 1 saturated carbocycles. The maximum atomic E-state index is 12.6. The number of nitrogens with one attached hydrogen (secondary N) is 1. The zero-order valence-corrected chi connectivity index (χ0v) is 14.4. The van der Waals surface area contributed by atoms with Crippen molar-refractivity contribution in [1.29, 1.82) is 0 Å². The number of carbonyl (C=O) groups is 1. The maximum absolute atomic E-state index is 12.6. The van der Waals surface area contributed by atoms with Crippen molar-refractivity contribution in [3.05, 3.63) is 28.4 Å². The van der Waals surface area contributed by atoms with E-state index in [1.165, 1.54) is 29.7 Å². The van der Waals surface area contributed by atoms with Crippen molar-refractivity contribution < 1.29 is 14.0 Å². The largest absolute Gasteiger partial charge is 0.397 e. The monoisotopic (exact) mass is 356 g/mol. The van der Waals surface area contributed by atoms with Crippen LogP contribution in [-0.4, -0.2) is 16.2 Å². The molecule has 1 fully saturated rings. The number of aromatic nitrogens is 3. The van der Waals surface area contributed by atoms with Crippen LogP contribution in [0.15, 0.2) is 16.8 Å². The summed E-state index contributed by atoms with van der Waals surface area (Å²) in [7, 11) is 0. The first-order valence-corrected chi connectivity index (χ1v) is 9.41. The number of fused-ring (bicyclic) bond motifs is 2. The molecule has 0 radical (unpaired) electrons. The number of rotatable bonds is 3. The molecular formula is C17H18N5O2S+. The van der Waals surface area contributed by atoms with Crippen molar-refractivity contribution in [1.82, 2.24) is 10.3 Å². The summed E-state index contributed by atoms with van der Waals surface area (Å²) in [5, 5.41) is 7.55. The van der Waals surface area contributed by atoms with Gasteiger partial charge in [0.05, 0.1) is 5.69 Å². The van der Waals surface area contributed by atoms with Gasteiger partial charge in [0.1, 0.15) is 9.71 Å². The van der Waals surface area contributed by atoms with E-state index in [4.69, 9.17) is 15.2 Å². The van der Waals surface area contributed by atoms with Crippen LogP contribution in [0, 0.1) is 0 Å². The van der Waals surface area contributed by atoms with Gasteiger partial charge in [-0.2, -0.15) is 0 Å². The lowest BCUT2D eigenvalue weighted by molar-refractivity contribution is -0.765. The van der Waals surface area contributed by atoms with E-state index in [1.807, 2.05) is 0 Å². The van der Waals surface area contributed by atoms with Gasteiger partial charge in [-0.05, 0) is 42.0 Å². The number of nitrogens with two attached hydrogens (primary N) is 1. The van der Waals surface area contributed by atoms with E-state index < -0.39 is 0 Å². The van der Waals surface area contributed by atoms with E-state index in [0.717, 1.165) is 41.6 Å². The molecule has 3 N–H and O–H groups in total. The minimum atomic E-state index is -0.280. The summed E-state index contributed by atoms with van der Waals surface area (Å²) < 4.78 is 6.93. The van der Waals surface area contributed by atoms with Crippen LogP contribution in [0.1, 0.15) is 52.7 Å². The van der Waals surface area contributed by atoms with Crippen molar-refractivity contribution >= 4 is 39.0 Å². The Balaban J connectivity index is 1.46. The summed E-state index contributed by atoms with van der Waals surface area (Å²) in [6.07, 6.45) is 8.32. The molecule has 3 aromatic heterocycles. The fourth-order valence-corrected chi connectivity index (χ4v) is 4.31. The number of hydrogen-bond acceptors (Lipinski definition) is 6. The van der Waals surface area contributed by atoms with Gasteiger partial charge in [-0.15, -0.1) is 11.3 Å². The Bertz CT molecular complexity index is 988. The van der Waals surface area contributed by atoms with Crippen LogP contribution in [0.3, 0.4) is 0 Å². The summed E-state index contributed by atoms with van der Waals surface area (Å²) in [4.78, 5) is 18.7. The van der Waals surface area contributed by atoms with E-state index in [0.29, 0.717) is 22.5 Å². The first-order chi connectivity index (χ1) is 12.2. The van der Waals surface area contributed by atoms with Crippen LogP contribution >= 0.6 is 11.3 Å². The van der Waals surface area contributed by atoms with Crippen LogP contribution < -0.4 is 15.7 Å². The molecule has 5 rings (SSSR count). The number of amides is 1. The Morgan fingerprint density at radius 2 is 2.20 bits per heavy atom. The molecular weight excluding hydrogens is 338 g/mol. The van der Waals surface area contributed by atoms with E-state index in [1.54, 1.807) is 10.9 Å². The Morgan fingerprint density at radius 1 is 1.36 bits per heavy atom. The van der Waals surface area contributed by atoms with Crippen LogP contribution in [0.4, 0.5) is 11.6 Å². The van der Waals surface area contributed by atoms with Gasteiger partial charge in [0, 0.05) is 23.9 Å². The normalized spacial score (nSPS) is 16.8. The molecule has 0 atom stereocenters. The zero-order chi connectivity index (χ0) is 17.0. The van der Waals surface area contributed by atoms with Crippen LogP contribution in [-0.2, 0) is 12.8 Å². The molecule has 1 amide bonds. The Morgan fingerprint density at radius 3 is 3.04 bits per heavy atom. The highest BCUT2D eigenvalue weighted by atomic mass is 32.1. The Labute approximate surface area is 147 Å². The van der Waals surface area contributed by atoms with Gasteiger partial charge in [0.25, 0.3) is 12.1 Å². The summed E-state index contributed by atoms with van der Waals surface area (Å²) in [6.45, 7) is 0. The second-order valence-electron chi connectivity index (χ2n) is 6.73. The van der Waals surface area contributed by atoms with Crippen molar-refractivity contribution in [2.75, 3.05) is 11.1 Å². The van der Waals surface area contributed by atoms with E-state index in [-0.39, 0.29) is 5.91 Å². The number of hydrogen-bond donors (Lipinski definition) is 2. The van der Waals surface area contributed by atoms with E-state index in [2.05, 4.69) is 16.7 Å².